The van der Waals surface area contributed by atoms with Gasteiger partial charge in [-0.2, -0.15) is 0 Å². The molecule has 1 aromatic carbocycles. The number of piperidine rings is 1. The molecule has 1 heterocycles. The van der Waals surface area contributed by atoms with Gasteiger partial charge in [0.15, 0.2) is 11.5 Å². The summed E-state index contributed by atoms with van der Waals surface area (Å²) >= 11 is 0. The lowest BCUT2D eigenvalue weighted by atomic mass is 9.79. The van der Waals surface area contributed by atoms with Crippen molar-refractivity contribution >= 4 is 18.3 Å². The Balaban J connectivity index is 0.00000312. The molecule has 0 saturated carbocycles. The van der Waals surface area contributed by atoms with Crippen LogP contribution in [0, 0.1) is 11.3 Å². The molecule has 25 heavy (non-hydrogen) atoms. The maximum atomic E-state index is 12.8. The van der Waals surface area contributed by atoms with Crippen LogP contribution in [0.4, 0.5) is 0 Å². The second-order valence-electron chi connectivity index (χ2n) is 7.68. The first-order chi connectivity index (χ1) is 11.2. The molecular weight excluding hydrogens is 340 g/mol. The minimum absolute atomic E-state index is 0. The molecule has 1 unspecified atom stereocenters. The van der Waals surface area contributed by atoms with E-state index in [-0.39, 0.29) is 29.8 Å². The molecule has 0 aromatic heterocycles. The van der Waals surface area contributed by atoms with Crippen molar-refractivity contribution in [2.24, 2.45) is 17.1 Å². The van der Waals surface area contributed by atoms with E-state index in [0.29, 0.717) is 42.7 Å². The molecule has 1 amide bonds. The Morgan fingerprint density at radius 3 is 2.60 bits per heavy atom. The summed E-state index contributed by atoms with van der Waals surface area (Å²) in [5, 5.41) is 0. The van der Waals surface area contributed by atoms with Gasteiger partial charge in [0.25, 0.3) is 5.91 Å². The first kappa shape index (κ1) is 21.6. The van der Waals surface area contributed by atoms with E-state index in [0.717, 1.165) is 6.42 Å². The summed E-state index contributed by atoms with van der Waals surface area (Å²) in [6, 6.07) is 5.51. The average molecular weight is 371 g/mol. The van der Waals surface area contributed by atoms with Crippen molar-refractivity contribution in [1.29, 1.82) is 0 Å². The number of amides is 1. The third-order valence-corrected chi connectivity index (χ3v) is 4.58. The van der Waals surface area contributed by atoms with Crippen LogP contribution in [-0.4, -0.2) is 43.7 Å². The van der Waals surface area contributed by atoms with E-state index in [9.17, 15) is 4.79 Å². The third-order valence-electron chi connectivity index (χ3n) is 4.58. The zero-order valence-corrected chi connectivity index (χ0v) is 16.7. The van der Waals surface area contributed by atoms with Crippen molar-refractivity contribution < 1.29 is 14.3 Å². The predicted molar refractivity (Wildman–Crippen MR) is 103 cm³/mol. The van der Waals surface area contributed by atoms with Crippen LogP contribution in [0.15, 0.2) is 18.2 Å². The van der Waals surface area contributed by atoms with Crippen molar-refractivity contribution in [3.63, 3.8) is 0 Å². The highest BCUT2D eigenvalue weighted by Crippen LogP contribution is 2.31. The lowest BCUT2D eigenvalue weighted by Crippen LogP contribution is -2.54. The molecule has 2 N–H and O–H groups in total. The van der Waals surface area contributed by atoms with Gasteiger partial charge in [-0.05, 0) is 36.0 Å². The molecule has 0 spiro atoms. The van der Waals surface area contributed by atoms with Crippen LogP contribution in [0.1, 0.15) is 44.5 Å². The highest BCUT2D eigenvalue weighted by molar-refractivity contribution is 5.95. The predicted octanol–water partition coefficient (Wildman–Crippen LogP) is 3.35. The summed E-state index contributed by atoms with van der Waals surface area (Å²) in [5.74, 6) is 1.71. The highest BCUT2D eigenvalue weighted by Gasteiger charge is 2.35. The Kier molecular flexibility index (Phi) is 7.57. The van der Waals surface area contributed by atoms with Crippen molar-refractivity contribution in [2.75, 3.05) is 26.8 Å². The van der Waals surface area contributed by atoms with Gasteiger partial charge >= 0.3 is 0 Å². The Morgan fingerprint density at radius 1 is 1.36 bits per heavy atom. The molecular formula is C19H31ClN2O3. The third kappa shape index (κ3) is 5.25. The SMILES string of the molecule is COc1cc(C(=O)N2CCC(N)C(C)(C)C2)ccc1OCC(C)C.Cl. The number of nitrogens with two attached hydrogens (primary N) is 1. The van der Waals surface area contributed by atoms with Crippen molar-refractivity contribution in [1.82, 2.24) is 4.90 Å². The molecule has 1 saturated heterocycles. The topological polar surface area (TPSA) is 64.8 Å². The van der Waals surface area contributed by atoms with Crippen LogP contribution < -0.4 is 15.2 Å². The molecule has 1 fully saturated rings. The van der Waals surface area contributed by atoms with Gasteiger partial charge < -0.3 is 20.1 Å². The number of nitrogens with zero attached hydrogens (tertiary/aromatic N) is 1. The molecule has 5 nitrogen and oxygen atoms in total. The van der Waals surface area contributed by atoms with E-state index in [4.69, 9.17) is 15.2 Å². The number of hydrogen-bond donors (Lipinski definition) is 1. The molecule has 0 aliphatic carbocycles. The molecule has 6 heteroatoms. The number of likely N-dealkylation sites (tertiary alicyclic amines) is 1. The largest absolute Gasteiger partial charge is 0.493 e. The highest BCUT2D eigenvalue weighted by atomic mass is 35.5. The summed E-state index contributed by atoms with van der Waals surface area (Å²) in [6.45, 7) is 10.4. The average Bonchev–Trinajstić information content (AvgIpc) is 2.54. The number of halogens is 1. The number of methoxy groups -OCH3 is 1. The number of benzene rings is 1. The first-order valence-corrected chi connectivity index (χ1v) is 8.60. The van der Waals surface area contributed by atoms with Gasteiger partial charge in [-0.25, -0.2) is 0 Å². The summed E-state index contributed by atoms with van der Waals surface area (Å²) in [7, 11) is 1.59. The molecule has 2 rings (SSSR count). The van der Waals surface area contributed by atoms with E-state index in [1.54, 1.807) is 13.2 Å². The van der Waals surface area contributed by atoms with Crippen LogP contribution in [0.5, 0.6) is 11.5 Å². The van der Waals surface area contributed by atoms with E-state index in [1.165, 1.54) is 0 Å². The molecule has 1 aliphatic heterocycles. The lowest BCUT2D eigenvalue weighted by molar-refractivity contribution is 0.0532. The second kappa shape index (κ2) is 8.77. The standard InChI is InChI=1S/C19H30N2O3.ClH/c1-13(2)11-24-15-7-6-14(10-16(15)23-5)18(22)21-9-8-17(20)19(3,4)12-21;/h6-7,10,13,17H,8-9,11-12,20H2,1-5H3;1H. The Bertz CT molecular complexity index is 590. The van der Waals surface area contributed by atoms with Gasteiger partial charge in [-0.15, -0.1) is 12.4 Å². The quantitative estimate of drug-likeness (QED) is 0.863. The minimum atomic E-state index is -0.0711. The van der Waals surface area contributed by atoms with Crippen LogP contribution >= 0.6 is 12.4 Å². The van der Waals surface area contributed by atoms with Crippen molar-refractivity contribution in [3.05, 3.63) is 23.8 Å². The fourth-order valence-corrected chi connectivity index (χ4v) is 2.91. The lowest BCUT2D eigenvalue weighted by Gasteiger charge is -2.42. The van der Waals surface area contributed by atoms with Crippen molar-refractivity contribution in [3.8, 4) is 11.5 Å². The van der Waals surface area contributed by atoms with Gasteiger partial charge in [-0.3, -0.25) is 4.79 Å². The Hall–Kier alpha value is -1.46. The Labute approximate surface area is 157 Å². The summed E-state index contributed by atoms with van der Waals surface area (Å²) in [6.07, 6.45) is 0.825. The van der Waals surface area contributed by atoms with Crippen LogP contribution in [0.3, 0.4) is 0 Å². The maximum absolute atomic E-state index is 12.8. The summed E-state index contributed by atoms with van der Waals surface area (Å²) in [4.78, 5) is 14.7. The molecule has 1 aliphatic rings. The van der Waals surface area contributed by atoms with E-state index in [1.807, 2.05) is 17.0 Å². The van der Waals surface area contributed by atoms with Gasteiger partial charge in [0, 0.05) is 24.7 Å². The number of carbonyl (C=O) groups is 1. The first-order valence-electron chi connectivity index (χ1n) is 8.60. The normalized spacial score (nSPS) is 19.3. The zero-order valence-electron chi connectivity index (χ0n) is 15.9. The monoisotopic (exact) mass is 370 g/mol. The van der Waals surface area contributed by atoms with Gasteiger partial charge in [0.05, 0.1) is 13.7 Å². The van der Waals surface area contributed by atoms with E-state index >= 15 is 0 Å². The van der Waals surface area contributed by atoms with Crippen LogP contribution in [0.2, 0.25) is 0 Å². The van der Waals surface area contributed by atoms with Crippen LogP contribution in [0.25, 0.3) is 0 Å². The van der Waals surface area contributed by atoms with Gasteiger partial charge in [0.1, 0.15) is 0 Å². The molecule has 142 valence electrons. The van der Waals surface area contributed by atoms with Crippen LogP contribution in [-0.2, 0) is 0 Å². The number of carbonyl (C=O) groups excluding carboxylic acids is 1. The number of rotatable bonds is 5. The summed E-state index contributed by atoms with van der Waals surface area (Å²) in [5.41, 5.74) is 6.71. The van der Waals surface area contributed by atoms with E-state index in [2.05, 4.69) is 27.7 Å². The Morgan fingerprint density at radius 2 is 2.04 bits per heavy atom. The molecule has 1 atom stereocenters. The smallest absolute Gasteiger partial charge is 0.254 e. The van der Waals surface area contributed by atoms with Crippen molar-refractivity contribution in [2.45, 2.75) is 40.2 Å². The fraction of sp³-hybridized carbons (Fsp3) is 0.632. The summed E-state index contributed by atoms with van der Waals surface area (Å²) < 4.78 is 11.1. The fourth-order valence-electron chi connectivity index (χ4n) is 2.91. The minimum Gasteiger partial charge on any atom is -0.493 e. The zero-order chi connectivity index (χ0) is 17.9. The number of hydrogen-bond acceptors (Lipinski definition) is 4. The maximum Gasteiger partial charge on any atom is 0.254 e. The van der Waals surface area contributed by atoms with Gasteiger partial charge in [0.2, 0.25) is 0 Å². The second-order valence-corrected chi connectivity index (χ2v) is 7.68. The molecule has 0 radical (unpaired) electrons. The van der Waals surface area contributed by atoms with Gasteiger partial charge in [-0.1, -0.05) is 27.7 Å². The molecule has 0 bridgehead atoms. The molecule has 1 aromatic rings. The number of ether oxygens (including phenoxy) is 2. The van der Waals surface area contributed by atoms with E-state index < -0.39 is 0 Å².